The molecule has 8 heteroatoms. The predicted molar refractivity (Wildman–Crippen MR) is 109 cm³/mol. The fourth-order valence-corrected chi connectivity index (χ4v) is 3.80. The topological polar surface area (TPSA) is 59.8 Å². The fraction of sp³-hybridized carbons (Fsp3) is 0.273. The zero-order valence-corrected chi connectivity index (χ0v) is 16.8. The summed E-state index contributed by atoms with van der Waals surface area (Å²) in [5.41, 5.74) is 3.08. The smallest absolute Gasteiger partial charge is 0.259 e. The average molecular weight is 408 g/mol. The van der Waals surface area contributed by atoms with E-state index in [2.05, 4.69) is 9.88 Å². The minimum Gasteiger partial charge on any atom is -0.454 e. The summed E-state index contributed by atoms with van der Waals surface area (Å²) in [6.45, 7) is 5.38. The fourth-order valence-electron chi connectivity index (χ4n) is 3.80. The highest BCUT2D eigenvalue weighted by molar-refractivity contribution is 5.58. The van der Waals surface area contributed by atoms with Crippen molar-refractivity contribution < 1.29 is 13.9 Å². The van der Waals surface area contributed by atoms with Crippen LogP contribution in [0.5, 0.6) is 11.5 Å². The normalized spacial score (nSPS) is 15.4. The first kappa shape index (κ1) is 18.6. The predicted octanol–water partition coefficient (Wildman–Crippen LogP) is 3.30. The number of ether oxygens (including phenoxy) is 2. The van der Waals surface area contributed by atoms with Crippen molar-refractivity contribution in [1.29, 1.82) is 0 Å². The molecule has 0 bridgehead atoms. The molecule has 0 radical (unpaired) electrons. The summed E-state index contributed by atoms with van der Waals surface area (Å²) in [5.74, 6) is 1.72. The summed E-state index contributed by atoms with van der Waals surface area (Å²) in [6.07, 6.45) is 0. The SMILES string of the molecule is Cc1nc2n(c(=O)c1C)CN(Cc1ccc3c(c1)OCO3)CN2c1ccc(F)cc1. The maximum atomic E-state index is 13.5. The van der Waals surface area contributed by atoms with E-state index in [1.807, 2.05) is 30.0 Å². The van der Waals surface area contributed by atoms with Gasteiger partial charge in [-0.15, -0.1) is 0 Å². The van der Waals surface area contributed by atoms with Crippen LogP contribution in [0.4, 0.5) is 16.0 Å². The Balaban J connectivity index is 1.53. The molecule has 0 amide bonds. The van der Waals surface area contributed by atoms with E-state index in [-0.39, 0.29) is 18.2 Å². The third kappa shape index (κ3) is 3.19. The first-order chi connectivity index (χ1) is 14.5. The Hall–Kier alpha value is -3.39. The van der Waals surface area contributed by atoms with Crippen LogP contribution in [0.1, 0.15) is 16.8 Å². The van der Waals surface area contributed by atoms with Crippen molar-refractivity contribution in [3.63, 3.8) is 0 Å². The maximum absolute atomic E-state index is 13.5. The van der Waals surface area contributed by atoms with Crippen molar-refractivity contribution >= 4 is 11.6 Å². The third-order valence-corrected chi connectivity index (χ3v) is 5.52. The van der Waals surface area contributed by atoms with Gasteiger partial charge in [-0.2, -0.15) is 0 Å². The van der Waals surface area contributed by atoms with Gasteiger partial charge in [0.1, 0.15) is 5.82 Å². The van der Waals surface area contributed by atoms with Gasteiger partial charge in [0.2, 0.25) is 12.7 Å². The van der Waals surface area contributed by atoms with Crippen LogP contribution in [0.25, 0.3) is 0 Å². The summed E-state index contributed by atoms with van der Waals surface area (Å²) in [7, 11) is 0. The monoisotopic (exact) mass is 408 g/mol. The van der Waals surface area contributed by atoms with Crippen LogP contribution in [0.2, 0.25) is 0 Å². The lowest BCUT2D eigenvalue weighted by atomic mass is 10.2. The maximum Gasteiger partial charge on any atom is 0.259 e. The molecule has 7 nitrogen and oxygen atoms in total. The quantitative estimate of drug-likeness (QED) is 0.663. The van der Waals surface area contributed by atoms with E-state index in [9.17, 15) is 9.18 Å². The summed E-state index contributed by atoms with van der Waals surface area (Å²) >= 11 is 0. The summed E-state index contributed by atoms with van der Waals surface area (Å²) < 4.78 is 26.0. The molecule has 2 aliphatic rings. The second-order valence-corrected chi connectivity index (χ2v) is 7.56. The molecule has 2 aliphatic heterocycles. The van der Waals surface area contributed by atoms with Gasteiger partial charge in [0.25, 0.3) is 5.56 Å². The van der Waals surface area contributed by atoms with E-state index >= 15 is 0 Å². The van der Waals surface area contributed by atoms with Crippen LogP contribution in [-0.2, 0) is 13.2 Å². The highest BCUT2D eigenvalue weighted by Crippen LogP contribution is 2.34. The van der Waals surface area contributed by atoms with Crippen LogP contribution in [-0.4, -0.2) is 27.9 Å². The molecule has 0 unspecified atom stereocenters. The van der Waals surface area contributed by atoms with Gasteiger partial charge >= 0.3 is 0 Å². The average Bonchev–Trinajstić information content (AvgIpc) is 3.21. The van der Waals surface area contributed by atoms with Crippen LogP contribution in [0.3, 0.4) is 0 Å². The van der Waals surface area contributed by atoms with Gasteiger partial charge < -0.3 is 9.47 Å². The number of hydrogen-bond acceptors (Lipinski definition) is 6. The number of aryl methyl sites for hydroxylation is 1. The van der Waals surface area contributed by atoms with Gasteiger partial charge in [0, 0.05) is 23.5 Å². The molecule has 154 valence electrons. The number of benzene rings is 2. The first-order valence-electron chi connectivity index (χ1n) is 9.71. The van der Waals surface area contributed by atoms with Crippen LogP contribution in [0, 0.1) is 19.7 Å². The van der Waals surface area contributed by atoms with Gasteiger partial charge in [-0.05, 0) is 55.8 Å². The molecule has 0 saturated carbocycles. The van der Waals surface area contributed by atoms with Gasteiger partial charge in [-0.25, -0.2) is 9.37 Å². The number of anilines is 2. The zero-order chi connectivity index (χ0) is 20.8. The third-order valence-electron chi connectivity index (χ3n) is 5.52. The van der Waals surface area contributed by atoms with Crippen molar-refractivity contribution in [3.05, 3.63) is 75.5 Å². The Kier molecular flexibility index (Phi) is 4.43. The van der Waals surface area contributed by atoms with E-state index in [1.54, 1.807) is 23.6 Å². The molecule has 3 aromatic rings. The lowest BCUT2D eigenvalue weighted by Crippen LogP contribution is -2.47. The lowest BCUT2D eigenvalue weighted by molar-refractivity contribution is 0.173. The molecule has 0 spiro atoms. The molecule has 0 fully saturated rings. The molecule has 0 aliphatic carbocycles. The number of halogens is 1. The Morgan fingerprint density at radius 2 is 1.80 bits per heavy atom. The van der Waals surface area contributed by atoms with E-state index in [1.165, 1.54) is 12.1 Å². The number of aromatic nitrogens is 2. The van der Waals surface area contributed by atoms with Crippen LogP contribution >= 0.6 is 0 Å². The minimum atomic E-state index is -0.307. The summed E-state index contributed by atoms with van der Waals surface area (Å²) in [4.78, 5) is 21.7. The summed E-state index contributed by atoms with van der Waals surface area (Å²) in [5, 5.41) is 0. The summed E-state index contributed by atoms with van der Waals surface area (Å²) in [6, 6.07) is 12.1. The Morgan fingerprint density at radius 3 is 2.60 bits per heavy atom. The van der Waals surface area contributed by atoms with Crippen LogP contribution in [0.15, 0.2) is 47.3 Å². The second-order valence-electron chi connectivity index (χ2n) is 7.56. The molecular weight excluding hydrogens is 387 g/mol. The van der Waals surface area contributed by atoms with Crippen molar-refractivity contribution in [2.75, 3.05) is 18.4 Å². The molecule has 0 saturated heterocycles. The van der Waals surface area contributed by atoms with Crippen molar-refractivity contribution in [1.82, 2.24) is 14.5 Å². The molecule has 1 aromatic heterocycles. The first-order valence-corrected chi connectivity index (χ1v) is 9.71. The molecule has 2 aromatic carbocycles. The van der Waals surface area contributed by atoms with Crippen molar-refractivity contribution in [3.8, 4) is 11.5 Å². The van der Waals surface area contributed by atoms with E-state index in [4.69, 9.17) is 9.47 Å². The Morgan fingerprint density at radius 1 is 1.03 bits per heavy atom. The standard InChI is InChI=1S/C22H21FN4O3/c1-14-15(2)24-22-26(18-6-4-17(23)5-7-18)11-25(12-27(22)21(14)28)10-16-3-8-19-20(9-16)30-13-29-19/h3-9H,10-13H2,1-2H3. The van der Waals surface area contributed by atoms with Gasteiger partial charge in [-0.3, -0.25) is 19.2 Å². The van der Waals surface area contributed by atoms with E-state index < -0.39 is 0 Å². The van der Waals surface area contributed by atoms with E-state index in [0.717, 1.165) is 22.7 Å². The number of fused-ring (bicyclic) bond motifs is 2. The molecule has 30 heavy (non-hydrogen) atoms. The lowest BCUT2D eigenvalue weighted by Gasteiger charge is -2.38. The molecule has 3 heterocycles. The van der Waals surface area contributed by atoms with Crippen molar-refractivity contribution in [2.24, 2.45) is 0 Å². The molecule has 5 rings (SSSR count). The molecule has 0 N–H and O–H groups in total. The number of hydrogen-bond donors (Lipinski definition) is 0. The van der Waals surface area contributed by atoms with Gasteiger partial charge in [-0.1, -0.05) is 6.07 Å². The number of rotatable bonds is 3. The molecule has 0 atom stereocenters. The van der Waals surface area contributed by atoms with Gasteiger partial charge in [0.15, 0.2) is 11.5 Å². The Labute approximate surface area is 172 Å². The highest BCUT2D eigenvalue weighted by Gasteiger charge is 2.27. The zero-order valence-electron chi connectivity index (χ0n) is 16.8. The van der Waals surface area contributed by atoms with Gasteiger partial charge in [0.05, 0.1) is 13.3 Å². The highest BCUT2D eigenvalue weighted by atomic mass is 19.1. The largest absolute Gasteiger partial charge is 0.454 e. The molecular formula is C22H21FN4O3. The Bertz CT molecular complexity index is 1180. The minimum absolute atomic E-state index is 0.0694. The second kappa shape index (κ2) is 7.14. The number of nitrogens with zero attached hydrogens (tertiary/aromatic N) is 4. The van der Waals surface area contributed by atoms with Crippen LogP contribution < -0.4 is 19.9 Å². The van der Waals surface area contributed by atoms with Crippen molar-refractivity contribution in [2.45, 2.75) is 27.1 Å². The van der Waals surface area contributed by atoms with E-state index in [0.29, 0.717) is 37.1 Å².